The Morgan fingerprint density at radius 3 is 2.85 bits per heavy atom. The van der Waals surface area contributed by atoms with Crippen molar-refractivity contribution in [2.24, 2.45) is 11.8 Å². The van der Waals surface area contributed by atoms with Crippen LogP contribution in [-0.4, -0.2) is 27.6 Å². The van der Waals surface area contributed by atoms with E-state index in [1.807, 2.05) is 26.8 Å². The van der Waals surface area contributed by atoms with Crippen molar-refractivity contribution in [1.29, 1.82) is 0 Å². The summed E-state index contributed by atoms with van der Waals surface area (Å²) < 4.78 is 0. The third-order valence-corrected chi connectivity index (χ3v) is 4.03. The lowest BCUT2D eigenvalue weighted by molar-refractivity contribution is -0.141. The van der Waals surface area contributed by atoms with Gasteiger partial charge in [0.25, 0.3) is 0 Å². The number of carboxylic acids is 1. The number of rotatable bonds is 6. The van der Waals surface area contributed by atoms with Gasteiger partial charge in [-0.2, -0.15) is 0 Å². The van der Waals surface area contributed by atoms with E-state index in [2.05, 4.69) is 15.3 Å². The molecule has 0 saturated heterocycles. The Hall–Kier alpha value is -1.69. The molecule has 0 amide bonds. The molecule has 2 N–H and O–H groups in total. The molecule has 0 fully saturated rings. The van der Waals surface area contributed by atoms with Crippen molar-refractivity contribution in [3.63, 3.8) is 0 Å². The third-order valence-electron chi connectivity index (χ3n) is 3.07. The van der Waals surface area contributed by atoms with Crippen molar-refractivity contribution < 1.29 is 9.90 Å². The first-order chi connectivity index (χ1) is 9.47. The van der Waals surface area contributed by atoms with Crippen LogP contribution < -0.4 is 5.32 Å². The van der Waals surface area contributed by atoms with Gasteiger partial charge in [-0.25, -0.2) is 9.97 Å². The first kappa shape index (κ1) is 14.7. The number of anilines is 1. The van der Waals surface area contributed by atoms with Crippen LogP contribution in [0.3, 0.4) is 0 Å². The van der Waals surface area contributed by atoms with Crippen LogP contribution >= 0.6 is 11.3 Å². The number of thiophene rings is 1. The SMILES string of the molecule is Cc1cc2c(NCC(CC(C)C)C(=O)O)ncnc2s1. The molecular formula is C14H19N3O2S. The molecule has 0 radical (unpaired) electrons. The second-order valence-electron chi connectivity index (χ2n) is 5.34. The van der Waals surface area contributed by atoms with Gasteiger partial charge >= 0.3 is 5.97 Å². The fourth-order valence-electron chi connectivity index (χ4n) is 2.18. The van der Waals surface area contributed by atoms with Crippen LogP contribution in [0.4, 0.5) is 5.82 Å². The van der Waals surface area contributed by atoms with Gasteiger partial charge < -0.3 is 10.4 Å². The maximum atomic E-state index is 11.3. The number of fused-ring (bicyclic) bond motifs is 1. The van der Waals surface area contributed by atoms with Gasteiger partial charge in [-0.1, -0.05) is 13.8 Å². The molecule has 20 heavy (non-hydrogen) atoms. The summed E-state index contributed by atoms with van der Waals surface area (Å²) in [5.41, 5.74) is 0. The number of aromatic nitrogens is 2. The topological polar surface area (TPSA) is 75.1 Å². The van der Waals surface area contributed by atoms with Gasteiger partial charge in [-0.3, -0.25) is 4.79 Å². The predicted molar refractivity (Wildman–Crippen MR) is 81.2 cm³/mol. The van der Waals surface area contributed by atoms with Crippen molar-refractivity contribution in [2.45, 2.75) is 27.2 Å². The smallest absolute Gasteiger partial charge is 0.308 e. The van der Waals surface area contributed by atoms with E-state index in [9.17, 15) is 9.90 Å². The first-order valence-corrected chi connectivity index (χ1v) is 7.47. The number of nitrogens with one attached hydrogen (secondary N) is 1. The van der Waals surface area contributed by atoms with Gasteiger partial charge in [0, 0.05) is 11.4 Å². The Morgan fingerprint density at radius 1 is 1.45 bits per heavy atom. The van der Waals surface area contributed by atoms with Crippen LogP contribution in [0.5, 0.6) is 0 Å². The molecule has 2 aromatic heterocycles. The van der Waals surface area contributed by atoms with Crippen molar-refractivity contribution in [3.05, 3.63) is 17.3 Å². The largest absolute Gasteiger partial charge is 0.481 e. The lowest BCUT2D eigenvalue weighted by Crippen LogP contribution is -2.24. The number of aliphatic carboxylic acids is 1. The molecule has 108 valence electrons. The minimum Gasteiger partial charge on any atom is -0.481 e. The summed E-state index contributed by atoms with van der Waals surface area (Å²) >= 11 is 1.61. The van der Waals surface area contributed by atoms with Gasteiger partial charge in [0.05, 0.1) is 11.3 Å². The summed E-state index contributed by atoms with van der Waals surface area (Å²) in [6, 6.07) is 2.03. The molecule has 2 aromatic rings. The molecule has 0 aliphatic heterocycles. The number of hydrogen-bond donors (Lipinski definition) is 2. The van der Waals surface area contributed by atoms with Crippen LogP contribution in [0.25, 0.3) is 10.2 Å². The van der Waals surface area contributed by atoms with E-state index in [4.69, 9.17) is 0 Å². The van der Waals surface area contributed by atoms with Crippen molar-refractivity contribution in [1.82, 2.24) is 9.97 Å². The molecule has 1 unspecified atom stereocenters. The van der Waals surface area contributed by atoms with E-state index in [1.165, 1.54) is 11.2 Å². The molecule has 0 bridgehead atoms. The van der Waals surface area contributed by atoms with Crippen LogP contribution in [0, 0.1) is 18.8 Å². The molecule has 0 spiro atoms. The monoisotopic (exact) mass is 293 g/mol. The Bertz CT molecular complexity index is 609. The van der Waals surface area contributed by atoms with Crippen molar-refractivity contribution in [2.75, 3.05) is 11.9 Å². The summed E-state index contributed by atoms with van der Waals surface area (Å²) in [6.45, 7) is 6.46. The highest BCUT2D eigenvalue weighted by molar-refractivity contribution is 7.18. The van der Waals surface area contributed by atoms with Crippen molar-refractivity contribution >= 4 is 33.3 Å². The fourth-order valence-corrected chi connectivity index (χ4v) is 3.02. The third kappa shape index (κ3) is 3.45. The second-order valence-corrected chi connectivity index (χ2v) is 6.58. The maximum absolute atomic E-state index is 11.3. The molecule has 2 rings (SSSR count). The molecule has 1 atom stereocenters. The lowest BCUT2D eigenvalue weighted by atomic mass is 9.97. The van der Waals surface area contributed by atoms with Crippen LogP contribution in [-0.2, 0) is 4.79 Å². The minimum atomic E-state index is -0.766. The van der Waals surface area contributed by atoms with Gasteiger partial charge in [0.1, 0.15) is 17.0 Å². The zero-order chi connectivity index (χ0) is 14.7. The molecule has 0 aliphatic carbocycles. The summed E-state index contributed by atoms with van der Waals surface area (Å²) in [4.78, 5) is 21.8. The minimum absolute atomic E-state index is 0.353. The van der Waals surface area contributed by atoms with Gasteiger partial charge in [0.15, 0.2) is 0 Å². The van der Waals surface area contributed by atoms with Gasteiger partial charge in [-0.15, -0.1) is 11.3 Å². The highest BCUT2D eigenvalue weighted by Crippen LogP contribution is 2.27. The van der Waals surface area contributed by atoms with E-state index >= 15 is 0 Å². The summed E-state index contributed by atoms with van der Waals surface area (Å²) in [7, 11) is 0. The number of nitrogens with zero attached hydrogens (tertiary/aromatic N) is 2. The maximum Gasteiger partial charge on any atom is 0.308 e. The van der Waals surface area contributed by atoms with E-state index < -0.39 is 11.9 Å². The highest BCUT2D eigenvalue weighted by atomic mass is 32.1. The number of hydrogen-bond acceptors (Lipinski definition) is 5. The summed E-state index contributed by atoms with van der Waals surface area (Å²) in [6.07, 6.45) is 2.16. The zero-order valence-corrected chi connectivity index (χ0v) is 12.7. The van der Waals surface area contributed by atoms with Gasteiger partial charge in [0.2, 0.25) is 0 Å². The number of aryl methyl sites for hydroxylation is 1. The molecular weight excluding hydrogens is 274 g/mol. The Morgan fingerprint density at radius 2 is 2.20 bits per heavy atom. The Kier molecular flexibility index (Phi) is 4.54. The van der Waals surface area contributed by atoms with E-state index in [0.717, 1.165) is 10.2 Å². The molecule has 0 aliphatic rings. The molecule has 6 heteroatoms. The van der Waals surface area contributed by atoms with E-state index in [1.54, 1.807) is 11.3 Å². The average molecular weight is 293 g/mol. The normalized spacial score (nSPS) is 12.8. The van der Waals surface area contributed by atoms with Crippen LogP contribution in [0.1, 0.15) is 25.1 Å². The van der Waals surface area contributed by atoms with E-state index in [-0.39, 0.29) is 0 Å². The molecule has 0 aromatic carbocycles. The first-order valence-electron chi connectivity index (χ1n) is 6.65. The van der Waals surface area contributed by atoms with Crippen LogP contribution in [0.2, 0.25) is 0 Å². The predicted octanol–water partition coefficient (Wildman–Crippen LogP) is 3.16. The molecule has 5 nitrogen and oxygen atoms in total. The Balaban J connectivity index is 2.13. The summed E-state index contributed by atoms with van der Waals surface area (Å²) in [5, 5.41) is 13.4. The fraction of sp³-hybridized carbons (Fsp3) is 0.500. The zero-order valence-electron chi connectivity index (χ0n) is 11.9. The summed E-state index contributed by atoms with van der Waals surface area (Å²) in [5.74, 6) is -0.0983. The standard InChI is InChI=1S/C14H19N3O2S/c1-8(2)4-10(14(18)19)6-15-12-11-5-9(3)20-13(11)17-7-16-12/h5,7-8,10H,4,6H2,1-3H3,(H,18,19)(H,15,16,17). The quantitative estimate of drug-likeness (QED) is 0.855. The second kappa shape index (κ2) is 6.17. The number of carbonyl (C=O) groups is 1. The average Bonchev–Trinajstić information content (AvgIpc) is 2.74. The van der Waals surface area contributed by atoms with Crippen LogP contribution in [0.15, 0.2) is 12.4 Å². The Labute approximate surface area is 122 Å². The number of carboxylic acid groups (broad SMARTS) is 1. The van der Waals surface area contributed by atoms with Gasteiger partial charge in [-0.05, 0) is 25.3 Å². The lowest BCUT2D eigenvalue weighted by Gasteiger charge is -2.15. The molecule has 0 saturated carbocycles. The van der Waals surface area contributed by atoms with Crippen molar-refractivity contribution in [3.8, 4) is 0 Å². The van der Waals surface area contributed by atoms with E-state index in [0.29, 0.717) is 24.7 Å². The molecule has 2 heterocycles. The highest BCUT2D eigenvalue weighted by Gasteiger charge is 2.19.